The van der Waals surface area contributed by atoms with Gasteiger partial charge in [0.25, 0.3) is 0 Å². The maximum Gasteiger partial charge on any atom is 0.228 e. The molecule has 0 atom stereocenters. The van der Waals surface area contributed by atoms with Crippen molar-refractivity contribution >= 4 is 28.2 Å². The normalized spacial score (nSPS) is 11.1. The second kappa shape index (κ2) is 6.36. The molecule has 0 amide bonds. The monoisotopic (exact) mass is 444 g/mol. The van der Waals surface area contributed by atoms with Crippen LogP contribution in [0.25, 0.3) is 17.2 Å². The molecule has 7 nitrogen and oxygen atoms in total. The molecule has 0 radical (unpaired) electrons. The van der Waals surface area contributed by atoms with Crippen LogP contribution in [-0.2, 0) is 6.42 Å². The van der Waals surface area contributed by atoms with Crippen molar-refractivity contribution in [2.45, 2.75) is 13.3 Å². The van der Waals surface area contributed by atoms with Crippen LogP contribution in [0.2, 0.25) is 0 Å². The average molecular weight is 444 g/mol. The number of fused-ring (bicyclic) bond motifs is 1. The Morgan fingerprint density at radius 1 is 1.12 bits per heavy atom. The van der Waals surface area contributed by atoms with Gasteiger partial charge in [0.2, 0.25) is 5.88 Å². The first-order valence-electron chi connectivity index (χ1n) is 7.59. The van der Waals surface area contributed by atoms with E-state index < -0.39 is 0 Å². The smallest absolute Gasteiger partial charge is 0.228 e. The van der Waals surface area contributed by atoms with Gasteiger partial charge in [-0.15, -0.1) is 0 Å². The molecule has 3 heterocycles. The standard InChI is InChI=1S/C17H13IN6O/c1-10-20-16-13(7-11-5-3-2-4-6-11)21-14(9-24(16)23-10)15-19-8-12(18)17(25)22-15/h2-6,8-9H,7H2,1H3,(H,19,22,25). The van der Waals surface area contributed by atoms with Crippen molar-refractivity contribution in [3.8, 4) is 17.4 Å². The summed E-state index contributed by atoms with van der Waals surface area (Å²) in [7, 11) is 0. The molecule has 0 unspecified atom stereocenters. The number of benzene rings is 1. The molecule has 0 aliphatic carbocycles. The zero-order valence-electron chi connectivity index (χ0n) is 13.3. The summed E-state index contributed by atoms with van der Waals surface area (Å²) in [5.74, 6) is 0.953. The van der Waals surface area contributed by atoms with Crippen molar-refractivity contribution in [1.82, 2.24) is 29.5 Å². The summed E-state index contributed by atoms with van der Waals surface area (Å²) in [6.07, 6.45) is 3.91. The lowest BCUT2D eigenvalue weighted by Crippen LogP contribution is -2.03. The van der Waals surface area contributed by atoms with Crippen LogP contribution in [0.4, 0.5) is 0 Å². The van der Waals surface area contributed by atoms with E-state index in [4.69, 9.17) is 0 Å². The highest BCUT2D eigenvalue weighted by Crippen LogP contribution is 2.22. The zero-order chi connectivity index (χ0) is 17.4. The van der Waals surface area contributed by atoms with Gasteiger partial charge in [-0.2, -0.15) is 10.1 Å². The van der Waals surface area contributed by atoms with E-state index >= 15 is 0 Å². The van der Waals surface area contributed by atoms with Crippen LogP contribution in [0.5, 0.6) is 5.88 Å². The minimum absolute atomic E-state index is 0.0631. The molecule has 0 fully saturated rings. The lowest BCUT2D eigenvalue weighted by atomic mass is 10.1. The number of aromatic nitrogens is 6. The molecule has 0 bridgehead atoms. The highest BCUT2D eigenvalue weighted by Gasteiger charge is 2.14. The molecular weight excluding hydrogens is 431 g/mol. The third kappa shape index (κ3) is 3.16. The summed E-state index contributed by atoms with van der Waals surface area (Å²) in [5.41, 5.74) is 3.15. The van der Waals surface area contributed by atoms with Crippen LogP contribution in [0.15, 0.2) is 42.7 Å². The summed E-state index contributed by atoms with van der Waals surface area (Å²) in [6.45, 7) is 1.84. The summed E-state index contributed by atoms with van der Waals surface area (Å²) in [6, 6.07) is 10.0. The Labute approximate surface area is 157 Å². The average Bonchev–Trinajstić information content (AvgIpc) is 2.99. The molecular formula is C17H13IN6O. The van der Waals surface area contributed by atoms with Gasteiger partial charge < -0.3 is 5.11 Å². The Balaban J connectivity index is 1.87. The van der Waals surface area contributed by atoms with E-state index in [0.717, 1.165) is 11.3 Å². The number of halogens is 1. The fourth-order valence-corrected chi connectivity index (χ4v) is 2.81. The van der Waals surface area contributed by atoms with Crippen LogP contribution in [0.1, 0.15) is 17.1 Å². The van der Waals surface area contributed by atoms with Crippen molar-refractivity contribution in [2.75, 3.05) is 0 Å². The van der Waals surface area contributed by atoms with Gasteiger partial charge in [-0.25, -0.2) is 19.5 Å². The van der Waals surface area contributed by atoms with E-state index in [9.17, 15) is 5.11 Å². The summed E-state index contributed by atoms with van der Waals surface area (Å²) in [5, 5.41) is 14.2. The first-order valence-corrected chi connectivity index (χ1v) is 8.67. The summed E-state index contributed by atoms with van der Waals surface area (Å²) in [4.78, 5) is 17.5. The van der Waals surface area contributed by atoms with Gasteiger partial charge >= 0.3 is 0 Å². The Morgan fingerprint density at radius 2 is 1.92 bits per heavy atom. The van der Waals surface area contributed by atoms with Crippen LogP contribution in [-0.4, -0.2) is 34.7 Å². The summed E-state index contributed by atoms with van der Waals surface area (Å²) >= 11 is 1.98. The zero-order valence-corrected chi connectivity index (χ0v) is 15.4. The van der Waals surface area contributed by atoms with Crippen molar-refractivity contribution in [3.63, 3.8) is 0 Å². The van der Waals surface area contributed by atoms with E-state index in [0.29, 0.717) is 33.0 Å². The Hall–Kier alpha value is -2.62. The Morgan fingerprint density at radius 3 is 2.68 bits per heavy atom. The topological polar surface area (TPSA) is 89.1 Å². The van der Waals surface area contributed by atoms with Gasteiger partial charge in [-0.05, 0) is 35.1 Å². The highest BCUT2D eigenvalue weighted by molar-refractivity contribution is 14.1. The molecule has 4 rings (SSSR count). The van der Waals surface area contributed by atoms with Crippen LogP contribution in [0.3, 0.4) is 0 Å². The molecule has 8 heteroatoms. The van der Waals surface area contributed by atoms with Gasteiger partial charge in [0.1, 0.15) is 11.5 Å². The van der Waals surface area contributed by atoms with E-state index in [-0.39, 0.29) is 5.88 Å². The predicted molar refractivity (Wildman–Crippen MR) is 100 cm³/mol. The minimum Gasteiger partial charge on any atom is -0.492 e. The van der Waals surface area contributed by atoms with Gasteiger partial charge in [0.05, 0.1) is 15.5 Å². The van der Waals surface area contributed by atoms with Crippen LogP contribution < -0.4 is 0 Å². The molecule has 0 saturated carbocycles. The van der Waals surface area contributed by atoms with E-state index in [1.165, 1.54) is 0 Å². The molecule has 4 aromatic rings. The quantitative estimate of drug-likeness (QED) is 0.489. The van der Waals surface area contributed by atoms with Gasteiger partial charge in [0.15, 0.2) is 11.5 Å². The first-order chi connectivity index (χ1) is 12.1. The SMILES string of the molecule is Cc1nc2c(Cc3ccccc3)nc(-c3ncc(I)c(O)n3)cn2n1. The van der Waals surface area contributed by atoms with Gasteiger partial charge in [0, 0.05) is 12.6 Å². The molecule has 0 spiro atoms. The number of aryl methyl sites for hydroxylation is 1. The minimum atomic E-state index is -0.0631. The van der Waals surface area contributed by atoms with E-state index in [1.54, 1.807) is 16.9 Å². The lowest BCUT2D eigenvalue weighted by Gasteiger charge is -2.07. The van der Waals surface area contributed by atoms with Crippen LogP contribution in [0, 0.1) is 10.5 Å². The second-order valence-corrected chi connectivity index (χ2v) is 6.69. The number of rotatable bonds is 3. The molecule has 0 aliphatic rings. The number of hydrogen-bond acceptors (Lipinski definition) is 6. The van der Waals surface area contributed by atoms with Gasteiger partial charge in [-0.1, -0.05) is 30.3 Å². The molecule has 0 saturated heterocycles. The molecule has 3 aromatic heterocycles. The fraction of sp³-hybridized carbons (Fsp3) is 0.118. The van der Waals surface area contributed by atoms with Crippen LogP contribution >= 0.6 is 22.6 Å². The fourth-order valence-electron chi connectivity index (χ4n) is 2.55. The number of hydrogen-bond donors (Lipinski definition) is 1. The number of nitrogens with zero attached hydrogens (tertiary/aromatic N) is 6. The molecule has 1 N–H and O–H groups in total. The van der Waals surface area contributed by atoms with E-state index in [2.05, 4.69) is 25.0 Å². The second-order valence-electron chi connectivity index (χ2n) is 5.53. The van der Waals surface area contributed by atoms with Gasteiger partial charge in [-0.3, -0.25) is 0 Å². The lowest BCUT2D eigenvalue weighted by molar-refractivity contribution is 0.448. The Kier molecular flexibility index (Phi) is 4.04. The first kappa shape index (κ1) is 15.9. The van der Waals surface area contributed by atoms with Crippen molar-refractivity contribution in [3.05, 3.63) is 63.4 Å². The van der Waals surface area contributed by atoms with Crippen molar-refractivity contribution < 1.29 is 5.11 Å². The summed E-state index contributed by atoms with van der Waals surface area (Å²) < 4.78 is 2.28. The van der Waals surface area contributed by atoms with Crippen molar-refractivity contribution in [2.24, 2.45) is 0 Å². The predicted octanol–water partition coefficient (Wildman–Crippen LogP) is 2.79. The maximum absolute atomic E-state index is 9.86. The largest absolute Gasteiger partial charge is 0.492 e. The molecule has 1 aromatic carbocycles. The number of aromatic hydroxyl groups is 1. The van der Waals surface area contributed by atoms with Crippen molar-refractivity contribution in [1.29, 1.82) is 0 Å². The molecule has 124 valence electrons. The highest BCUT2D eigenvalue weighted by atomic mass is 127. The third-order valence-electron chi connectivity index (χ3n) is 3.66. The third-order valence-corrected chi connectivity index (χ3v) is 4.43. The molecule has 25 heavy (non-hydrogen) atoms. The Bertz CT molecular complexity index is 1060. The van der Waals surface area contributed by atoms with E-state index in [1.807, 2.05) is 59.8 Å². The molecule has 0 aliphatic heterocycles. The maximum atomic E-state index is 9.86.